The summed E-state index contributed by atoms with van der Waals surface area (Å²) in [5.74, 6) is 1.47. The Kier molecular flexibility index (Phi) is 5.14. The van der Waals surface area contributed by atoms with Gasteiger partial charge in [0.1, 0.15) is 5.69 Å². The molecule has 0 radical (unpaired) electrons. The van der Waals surface area contributed by atoms with E-state index in [1.165, 1.54) is 5.56 Å². The molecule has 5 nitrogen and oxygen atoms in total. The highest BCUT2D eigenvalue weighted by Gasteiger charge is 2.31. The highest BCUT2D eigenvalue weighted by molar-refractivity contribution is 7.13. The average molecular weight is 425 g/mol. The summed E-state index contributed by atoms with van der Waals surface area (Å²) in [5, 5.41) is 2.07. The molecule has 6 heteroatoms. The molecule has 1 aromatic carbocycles. The van der Waals surface area contributed by atoms with Gasteiger partial charge in [0, 0.05) is 35.1 Å². The van der Waals surface area contributed by atoms with Crippen molar-refractivity contribution >= 4 is 17.2 Å². The fourth-order valence-corrected chi connectivity index (χ4v) is 4.67. The summed E-state index contributed by atoms with van der Waals surface area (Å²) < 4.78 is 13.3. The molecule has 0 bridgehead atoms. The average Bonchev–Trinajstić information content (AvgIpc) is 3.38. The van der Waals surface area contributed by atoms with E-state index in [4.69, 9.17) is 9.47 Å². The first-order chi connectivity index (χ1) is 14.3. The third-order valence-corrected chi connectivity index (χ3v) is 6.79. The van der Waals surface area contributed by atoms with Crippen LogP contribution in [0.25, 0.3) is 21.7 Å². The Hall–Kier alpha value is -2.73. The number of aryl methyl sites for hydroxylation is 1. The van der Waals surface area contributed by atoms with Crippen LogP contribution < -0.4 is 9.47 Å². The first-order valence-corrected chi connectivity index (χ1v) is 10.9. The number of nitrogens with zero attached hydrogens (tertiary/aromatic N) is 2. The lowest BCUT2D eigenvalue weighted by molar-refractivity contribution is 0.0644. The number of thiophene rings is 1. The van der Waals surface area contributed by atoms with Gasteiger partial charge < -0.3 is 18.9 Å². The summed E-state index contributed by atoms with van der Waals surface area (Å²) in [5.41, 5.74) is 4.94. The summed E-state index contributed by atoms with van der Waals surface area (Å²) >= 11 is 1.69. The summed E-state index contributed by atoms with van der Waals surface area (Å²) in [6.07, 6.45) is 0.834. The quantitative estimate of drug-likeness (QED) is 0.569. The SMILES string of the molecule is COc1cc2c(cc1OC)-c1c(-c3cccs3)cc(C(=O)N(C)C(C)(C)C)n1CC2. The number of rotatable bonds is 4. The number of aromatic nitrogens is 1. The zero-order valence-electron chi connectivity index (χ0n) is 18.4. The molecular weight excluding hydrogens is 396 g/mol. The van der Waals surface area contributed by atoms with Crippen LogP contribution in [0.2, 0.25) is 0 Å². The molecule has 30 heavy (non-hydrogen) atoms. The van der Waals surface area contributed by atoms with Crippen molar-refractivity contribution in [2.75, 3.05) is 21.3 Å². The number of hydrogen-bond donors (Lipinski definition) is 0. The number of hydrogen-bond acceptors (Lipinski definition) is 4. The molecule has 1 aliphatic rings. The van der Waals surface area contributed by atoms with Gasteiger partial charge in [0.05, 0.1) is 19.9 Å². The molecule has 0 unspecified atom stereocenters. The standard InChI is InChI=1S/C24H28N2O3S/c1-24(2,3)25(4)23(27)18-13-17(21-8-7-11-30-21)22-16-14-20(29-6)19(28-5)12-15(16)9-10-26(18)22/h7-8,11-14H,9-10H2,1-6H3. The lowest BCUT2D eigenvalue weighted by Gasteiger charge is -2.32. The number of methoxy groups -OCH3 is 2. The van der Waals surface area contributed by atoms with Gasteiger partial charge in [-0.1, -0.05) is 6.07 Å². The maximum atomic E-state index is 13.4. The second-order valence-electron chi connectivity index (χ2n) is 8.57. The second kappa shape index (κ2) is 7.51. The second-order valence-corrected chi connectivity index (χ2v) is 9.52. The van der Waals surface area contributed by atoms with E-state index < -0.39 is 0 Å². The van der Waals surface area contributed by atoms with Crippen molar-refractivity contribution in [1.82, 2.24) is 9.47 Å². The Bertz CT molecular complexity index is 1090. The molecule has 0 atom stereocenters. The first-order valence-electron chi connectivity index (χ1n) is 10.1. The van der Waals surface area contributed by atoms with E-state index in [1.54, 1.807) is 25.6 Å². The Morgan fingerprint density at radius 1 is 1.10 bits per heavy atom. The molecule has 158 valence electrons. The van der Waals surface area contributed by atoms with Gasteiger partial charge in [0.25, 0.3) is 5.91 Å². The van der Waals surface area contributed by atoms with Crippen molar-refractivity contribution < 1.29 is 14.3 Å². The molecule has 0 N–H and O–H groups in total. The van der Waals surface area contributed by atoms with Gasteiger partial charge in [0.15, 0.2) is 11.5 Å². The van der Waals surface area contributed by atoms with E-state index in [2.05, 4.69) is 48.9 Å². The zero-order chi connectivity index (χ0) is 21.6. The van der Waals surface area contributed by atoms with Gasteiger partial charge in [-0.05, 0) is 62.4 Å². The summed E-state index contributed by atoms with van der Waals surface area (Å²) in [6.45, 7) is 6.91. The van der Waals surface area contributed by atoms with Crippen molar-refractivity contribution in [1.29, 1.82) is 0 Å². The van der Waals surface area contributed by atoms with Crippen LogP contribution in [0, 0.1) is 0 Å². The van der Waals surface area contributed by atoms with Gasteiger partial charge in [-0.3, -0.25) is 4.79 Å². The minimum atomic E-state index is -0.256. The predicted octanol–water partition coefficient (Wildman–Crippen LogP) is 5.33. The lowest BCUT2D eigenvalue weighted by Crippen LogP contribution is -2.43. The molecule has 3 heterocycles. The van der Waals surface area contributed by atoms with Gasteiger partial charge in [-0.25, -0.2) is 0 Å². The van der Waals surface area contributed by atoms with E-state index in [1.807, 2.05) is 24.1 Å². The highest BCUT2D eigenvalue weighted by Crippen LogP contribution is 2.45. The molecule has 1 amide bonds. The number of benzene rings is 1. The Morgan fingerprint density at radius 3 is 2.40 bits per heavy atom. The number of ether oxygens (including phenoxy) is 2. The van der Waals surface area contributed by atoms with Crippen LogP contribution in [0.3, 0.4) is 0 Å². The first kappa shape index (κ1) is 20.5. The minimum absolute atomic E-state index is 0.0375. The minimum Gasteiger partial charge on any atom is -0.493 e. The van der Waals surface area contributed by atoms with Crippen LogP contribution in [0.5, 0.6) is 11.5 Å². The smallest absolute Gasteiger partial charge is 0.270 e. The van der Waals surface area contributed by atoms with E-state index >= 15 is 0 Å². The lowest BCUT2D eigenvalue weighted by atomic mass is 9.95. The predicted molar refractivity (Wildman–Crippen MR) is 122 cm³/mol. The Labute approximate surface area is 181 Å². The molecular formula is C24H28N2O3S. The van der Waals surface area contributed by atoms with Gasteiger partial charge in [0.2, 0.25) is 0 Å². The molecule has 4 rings (SSSR count). The molecule has 2 aromatic heterocycles. The maximum Gasteiger partial charge on any atom is 0.270 e. The molecule has 0 fully saturated rings. The van der Waals surface area contributed by atoms with Crippen molar-refractivity contribution in [3.63, 3.8) is 0 Å². The van der Waals surface area contributed by atoms with E-state index in [-0.39, 0.29) is 11.4 Å². The normalized spacial score (nSPS) is 12.9. The monoisotopic (exact) mass is 424 g/mol. The van der Waals surface area contributed by atoms with Crippen LogP contribution in [0.4, 0.5) is 0 Å². The maximum absolute atomic E-state index is 13.4. The zero-order valence-corrected chi connectivity index (χ0v) is 19.2. The molecule has 1 aliphatic heterocycles. The van der Waals surface area contributed by atoms with Crippen LogP contribution in [0.15, 0.2) is 35.7 Å². The third-order valence-electron chi connectivity index (χ3n) is 5.88. The molecule has 0 saturated carbocycles. The summed E-state index contributed by atoms with van der Waals surface area (Å²) in [6, 6.07) is 10.3. The Morgan fingerprint density at radius 2 is 1.80 bits per heavy atom. The van der Waals surface area contributed by atoms with E-state index in [0.29, 0.717) is 5.75 Å². The van der Waals surface area contributed by atoms with Crippen molar-refractivity contribution in [2.24, 2.45) is 0 Å². The van der Waals surface area contributed by atoms with Crippen molar-refractivity contribution in [3.8, 4) is 33.2 Å². The fraction of sp³-hybridized carbons (Fsp3) is 0.375. The van der Waals surface area contributed by atoms with Crippen molar-refractivity contribution in [2.45, 2.75) is 39.3 Å². The third kappa shape index (κ3) is 3.29. The largest absolute Gasteiger partial charge is 0.493 e. The fourth-order valence-electron chi connectivity index (χ4n) is 3.93. The van der Waals surface area contributed by atoms with Gasteiger partial charge in [-0.2, -0.15) is 0 Å². The van der Waals surface area contributed by atoms with Gasteiger partial charge >= 0.3 is 0 Å². The van der Waals surface area contributed by atoms with Crippen LogP contribution in [-0.2, 0) is 13.0 Å². The molecule has 3 aromatic rings. The molecule has 0 aliphatic carbocycles. The molecule has 0 spiro atoms. The van der Waals surface area contributed by atoms with Crippen LogP contribution in [-0.4, -0.2) is 42.2 Å². The number of carbonyl (C=O) groups is 1. The summed E-state index contributed by atoms with van der Waals surface area (Å²) in [7, 11) is 5.18. The van der Waals surface area contributed by atoms with Crippen LogP contribution in [0.1, 0.15) is 36.8 Å². The van der Waals surface area contributed by atoms with Gasteiger partial charge in [-0.15, -0.1) is 11.3 Å². The number of amides is 1. The summed E-state index contributed by atoms with van der Waals surface area (Å²) in [4.78, 5) is 16.4. The topological polar surface area (TPSA) is 43.7 Å². The van der Waals surface area contributed by atoms with E-state index in [0.717, 1.165) is 46.1 Å². The highest BCUT2D eigenvalue weighted by atomic mass is 32.1. The number of carbonyl (C=O) groups excluding carboxylic acids is 1. The number of fused-ring (bicyclic) bond motifs is 3. The van der Waals surface area contributed by atoms with Crippen molar-refractivity contribution in [3.05, 3.63) is 47.0 Å². The van der Waals surface area contributed by atoms with Crippen LogP contribution >= 0.6 is 11.3 Å². The van der Waals surface area contributed by atoms with E-state index in [9.17, 15) is 4.79 Å². The Balaban J connectivity index is 1.95. The molecule has 0 saturated heterocycles.